The Hall–Kier alpha value is -0.560. The molecule has 6 nitrogen and oxygen atoms in total. The lowest BCUT2D eigenvalue weighted by Crippen LogP contribution is -2.22. The van der Waals surface area contributed by atoms with Gasteiger partial charge in [0.05, 0.1) is 13.1 Å². The predicted octanol–water partition coefficient (Wildman–Crippen LogP) is -1.17. The lowest BCUT2D eigenvalue weighted by molar-refractivity contribution is -0.150. The topological polar surface area (TPSA) is 105 Å². The predicted molar refractivity (Wildman–Crippen MR) is 54.5 cm³/mol. The fraction of sp³-hybridized carbons (Fsp3) is 0.667. The van der Waals surface area contributed by atoms with E-state index in [1.165, 1.54) is 0 Å². The van der Waals surface area contributed by atoms with Crippen molar-refractivity contribution in [3.05, 3.63) is 0 Å². The molecule has 0 aromatic rings. The Morgan fingerprint density at radius 3 is 1.36 bits per heavy atom. The number of ether oxygens (including phenoxy) is 2. The van der Waals surface area contributed by atoms with Crippen LogP contribution in [0, 0.1) is 0 Å². The molecular formula is C6H14Cl2N2O4. The Kier molecular flexibility index (Phi) is 17.0. The second-order valence-electron chi connectivity index (χ2n) is 1.85. The van der Waals surface area contributed by atoms with Gasteiger partial charge in [0.2, 0.25) is 0 Å². The highest BCUT2D eigenvalue weighted by atomic mass is 35.5. The van der Waals surface area contributed by atoms with Gasteiger partial charge in [-0.05, 0) is 0 Å². The van der Waals surface area contributed by atoms with Gasteiger partial charge in [0.1, 0.15) is 13.2 Å². The van der Waals surface area contributed by atoms with Crippen molar-refractivity contribution < 1.29 is 19.1 Å². The van der Waals surface area contributed by atoms with E-state index < -0.39 is 11.9 Å². The molecule has 0 bridgehead atoms. The zero-order valence-corrected chi connectivity index (χ0v) is 9.07. The van der Waals surface area contributed by atoms with Crippen molar-refractivity contribution in [3.8, 4) is 0 Å². The minimum Gasteiger partial charge on any atom is -0.461 e. The third-order valence-electron chi connectivity index (χ3n) is 0.943. The van der Waals surface area contributed by atoms with E-state index in [-0.39, 0.29) is 51.1 Å². The van der Waals surface area contributed by atoms with Gasteiger partial charge in [-0.3, -0.25) is 9.59 Å². The van der Waals surface area contributed by atoms with Crippen LogP contribution in [-0.2, 0) is 19.1 Å². The molecule has 0 saturated carbocycles. The lowest BCUT2D eigenvalue weighted by Gasteiger charge is -2.03. The van der Waals surface area contributed by atoms with Crippen molar-refractivity contribution in [3.63, 3.8) is 0 Å². The quantitative estimate of drug-likeness (QED) is 0.470. The summed E-state index contributed by atoms with van der Waals surface area (Å²) in [5, 5.41) is 0. The monoisotopic (exact) mass is 248 g/mol. The number of hydrogen-bond acceptors (Lipinski definition) is 6. The molecule has 0 spiro atoms. The maximum atomic E-state index is 10.4. The number of nitrogens with two attached hydrogens (primary N) is 2. The smallest absolute Gasteiger partial charge is 0.319 e. The Labute approximate surface area is 94.1 Å². The summed E-state index contributed by atoms with van der Waals surface area (Å²) in [5.74, 6) is -1.06. The molecule has 0 amide bonds. The molecule has 86 valence electrons. The highest BCUT2D eigenvalue weighted by Crippen LogP contribution is 1.79. The lowest BCUT2D eigenvalue weighted by atomic mass is 10.6. The van der Waals surface area contributed by atoms with Gasteiger partial charge in [-0.1, -0.05) is 0 Å². The molecule has 0 heterocycles. The largest absolute Gasteiger partial charge is 0.461 e. The molecule has 0 saturated heterocycles. The molecule has 0 fully saturated rings. The van der Waals surface area contributed by atoms with Gasteiger partial charge in [-0.25, -0.2) is 0 Å². The van der Waals surface area contributed by atoms with Crippen molar-refractivity contribution in [2.24, 2.45) is 11.5 Å². The van der Waals surface area contributed by atoms with Crippen LogP contribution in [0.15, 0.2) is 0 Å². The number of carbonyl (C=O) groups is 2. The minimum atomic E-state index is -0.529. The van der Waals surface area contributed by atoms with Crippen LogP contribution < -0.4 is 11.5 Å². The summed E-state index contributed by atoms with van der Waals surface area (Å²) in [5.41, 5.74) is 9.88. The SMILES string of the molecule is Cl.Cl.NCC(=O)OCCOC(=O)CN. The molecule has 4 N–H and O–H groups in total. The molecule has 0 aromatic heterocycles. The number of carbonyl (C=O) groups excluding carboxylic acids is 2. The highest BCUT2D eigenvalue weighted by molar-refractivity contribution is 5.85. The summed E-state index contributed by atoms with van der Waals surface area (Å²) in [7, 11) is 0. The number of esters is 2. The van der Waals surface area contributed by atoms with E-state index in [4.69, 9.17) is 11.5 Å². The van der Waals surface area contributed by atoms with Gasteiger partial charge in [0.15, 0.2) is 0 Å². The van der Waals surface area contributed by atoms with E-state index in [1.807, 2.05) is 0 Å². The van der Waals surface area contributed by atoms with Gasteiger partial charge in [0, 0.05) is 0 Å². The van der Waals surface area contributed by atoms with Crippen LogP contribution in [0.4, 0.5) is 0 Å². The Balaban J connectivity index is -0.000000605. The fourth-order valence-corrected chi connectivity index (χ4v) is 0.429. The summed E-state index contributed by atoms with van der Waals surface area (Å²) in [6, 6.07) is 0. The van der Waals surface area contributed by atoms with Crippen LogP contribution in [0.5, 0.6) is 0 Å². The first-order valence-corrected chi connectivity index (χ1v) is 3.42. The summed E-state index contributed by atoms with van der Waals surface area (Å²) in [4.78, 5) is 20.8. The van der Waals surface area contributed by atoms with Crippen LogP contribution in [-0.4, -0.2) is 38.2 Å². The maximum Gasteiger partial charge on any atom is 0.319 e. The number of hydrogen-bond donors (Lipinski definition) is 2. The molecule has 8 heteroatoms. The van der Waals surface area contributed by atoms with Crippen LogP contribution in [0.2, 0.25) is 0 Å². The summed E-state index contributed by atoms with van der Waals surface area (Å²) in [6.45, 7) is -0.320. The maximum absolute atomic E-state index is 10.4. The highest BCUT2D eigenvalue weighted by Gasteiger charge is 2.00. The average Bonchev–Trinajstić information content (AvgIpc) is 2.11. The van der Waals surface area contributed by atoms with Crippen molar-refractivity contribution in [2.75, 3.05) is 26.3 Å². The third-order valence-corrected chi connectivity index (χ3v) is 0.943. The first kappa shape index (κ1) is 19.1. The zero-order valence-electron chi connectivity index (χ0n) is 7.43. The van der Waals surface area contributed by atoms with Crippen LogP contribution in [0.1, 0.15) is 0 Å². The van der Waals surface area contributed by atoms with Gasteiger partial charge < -0.3 is 20.9 Å². The van der Waals surface area contributed by atoms with E-state index in [1.54, 1.807) is 0 Å². The summed E-state index contributed by atoms with van der Waals surface area (Å²) in [6.07, 6.45) is 0. The Bertz CT molecular complexity index is 150. The van der Waals surface area contributed by atoms with Gasteiger partial charge >= 0.3 is 11.9 Å². The molecule has 0 unspecified atom stereocenters. The van der Waals surface area contributed by atoms with E-state index in [9.17, 15) is 9.59 Å². The molecular weight excluding hydrogens is 235 g/mol. The van der Waals surface area contributed by atoms with Crippen molar-refractivity contribution in [1.29, 1.82) is 0 Å². The second kappa shape index (κ2) is 12.4. The minimum absolute atomic E-state index is 0. The summed E-state index contributed by atoms with van der Waals surface area (Å²) >= 11 is 0. The molecule has 0 aromatic carbocycles. The number of rotatable bonds is 5. The fourth-order valence-electron chi connectivity index (χ4n) is 0.429. The van der Waals surface area contributed by atoms with Gasteiger partial charge in [-0.15, -0.1) is 24.8 Å². The van der Waals surface area contributed by atoms with E-state index in [0.29, 0.717) is 0 Å². The molecule has 0 aliphatic rings. The van der Waals surface area contributed by atoms with Crippen molar-refractivity contribution in [2.45, 2.75) is 0 Å². The third kappa shape index (κ3) is 11.4. The zero-order chi connectivity index (χ0) is 9.40. The first-order valence-electron chi connectivity index (χ1n) is 3.42. The van der Waals surface area contributed by atoms with Crippen molar-refractivity contribution in [1.82, 2.24) is 0 Å². The standard InChI is InChI=1S/C6H12N2O4.2ClH/c7-3-5(9)11-1-2-12-6(10)4-8;;/h1-4,7-8H2;2*1H. The van der Waals surface area contributed by atoms with Crippen LogP contribution in [0.3, 0.4) is 0 Å². The molecule has 0 rings (SSSR count). The summed E-state index contributed by atoms with van der Waals surface area (Å²) < 4.78 is 9.01. The first-order chi connectivity index (χ1) is 5.70. The molecule has 0 radical (unpaired) electrons. The molecule has 0 aliphatic carbocycles. The normalized spacial score (nSPS) is 7.86. The molecule has 0 atom stereocenters. The van der Waals surface area contributed by atoms with Crippen LogP contribution in [0.25, 0.3) is 0 Å². The molecule has 0 aliphatic heterocycles. The van der Waals surface area contributed by atoms with Crippen molar-refractivity contribution >= 4 is 36.8 Å². The average molecular weight is 249 g/mol. The van der Waals surface area contributed by atoms with E-state index in [2.05, 4.69) is 9.47 Å². The number of halogens is 2. The second-order valence-corrected chi connectivity index (χ2v) is 1.85. The van der Waals surface area contributed by atoms with E-state index >= 15 is 0 Å². The Morgan fingerprint density at radius 1 is 0.857 bits per heavy atom. The van der Waals surface area contributed by atoms with Gasteiger partial charge in [-0.2, -0.15) is 0 Å². The van der Waals surface area contributed by atoms with Crippen LogP contribution >= 0.6 is 24.8 Å². The van der Waals surface area contributed by atoms with E-state index in [0.717, 1.165) is 0 Å². The molecule has 14 heavy (non-hydrogen) atoms. The van der Waals surface area contributed by atoms with Gasteiger partial charge in [0.25, 0.3) is 0 Å². The Morgan fingerprint density at radius 2 is 1.14 bits per heavy atom.